The second-order valence-electron chi connectivity index (χ2n) is 7.15. The summed E-state index contributed by atoms with van der Waals surface area (Å²) in [7, 11) is -3.92. The zero-order valence-electron chi connectivity index (χ0n) is 17.2. The average molecular weight is 478 g/mol. The molecule has 10 heteroatoms. The number of amides is 1. The molecular formula is C23H21F3N2O4S. The first-order chi connectivity index (χ1) is 15.6. The van der Waals surface area contributed by atoms with Gasteiger partial charge in [-0.25, -0.2) is 13.1 Å². The van der Waals surface area contributed by atoms with Crippen molar-refractivity contribution in [2.75, 3.05) is 6.54 Å². The molecule has 0 saturated heterocycles. The summed E-state index contributed by atoms with van der Waals surface area (Å²) in [6, 6.07) is 18.6. The van der Waals surface area contributed by atoms with Crippen molar-refractivity contribution < 1.29 is 31.5 Å². The van der Waals surface area contributed by atoms with E-state index in [0.717, 1.165) is 23.8 Å². The Hall–Kier alpha value is -3.21. The predicted molar refractivity (Wildman–Crippen MR) is 116 cm³/mol. The van der Waals surface area contributed by atoms with Gasteiger partial charge in [-0.05, 0) is 35.4 Å². The number of nitrogens with one attached hydrogen (secondary N) is 2. The third kappa shape index (κ3) is 6.41. The average Bonchev–Trinajstić information content (AvgIpc) is 2.81. The van der Waals surface area contributed by atoms with E-state index >= 15 is 0 Å². The molecule has 0 radical (unpaired) electrons. The maximum absolute atomic E-state index is 13.1. The van der Waals surface area contributed by atoms with Crippen LogP contribution in [-0.4, -0.2) is 26.0 Å². The number of sulfonamides is 1. The molecule has 0 saturated carbocycles. The molecular weight excluding hydrogens is 457 g/mol. The Labute approximate surface area is 189 Å². The highest BCUT2D eigenvalue weighted by atomic mass is 32.2. The van der Waals surface area contributed by atoms with Crippen LogP contribution in [0.3, 0.4) is 0 Å². The molecule has 0 spiro atoms. The van der Waals surface area contributed by atoms with E-state index in [9.17, 15) is 31.5 Å². The van der Waals surface area contributed by atoms with Crippen molar-refractivity contribution in [1.29, 1.82) is 0 Å². The molecule has 0 aromatic heterocycles. The fourth-order valence-electron chi connectivity index (χ4n) is 3.11. The molecule has 0 bridgehead atoms. The highest BCUT2D eigenvalue weighted by Gasteiger charge is 2.34. The number of hydrogen-bond donors (Lipinski definition) is 3. The molecule has 0 heterocycles. The summed E-state index contributed by atoms with van der Waals surface area (Å²) in [5, 5.41) is 12.5. The summed E-state index contributed by atoms with van der Waals surface area (Å²) in [4.78, 5) is 12.3. The SMILES string of the molecule is O=C(NCC(O)c1ccccc1C(F)(F)F)c1cccc(S(=O)(=O)NCc2ccccc2)c1. The van der Waals surface area contributed by atoms with Crippen molar-refractivity contribution in [2.45, 2.75) is 23.7 Å². The third-order valence-electron chi connectivity index (χ3n) is 4.80. The second kappa shape index (κ2) is 10.2. The molecule has 0 aliphatic rings. The molecule has 0 aliphatic carbocycles. The summed E-state index contributed by atoms with van der Waals surface area (Å²) in [5.41, 5.74) is -0.631. The Morgan fingerprint density at radius 3 is 2.30 bits per heavy atom. The number of carbonyl (C=O) groups excluding carboxylic acids is 1. The minimum absolute atomic E-state index is 0.0195. The van der Waals surface area contributed by atoms with Crippen LogP contribution in [0.5, 0.6) is 0 Å². The van der Waals surface area contributed by atoms with E-state index in [2.05, 4.69) is 10.0 Å². The van der Waals surface area contributed by atoms with E-state index in [1.165, 1.54) is 30.3 Å². The number of carbonyl (C=O) groups is 1. The number of benzene rings is 3. The molecule has 33 heavy (non-hydrogen) atoms. The third-order valence-corrected chi connectivity index (χ3v) is 6.20. The Kier molecular flexibility index (Phi) is 7.52. The minimum Gasteiger partial charge on any atom is -0.387 e. The summed E-state index contributed by atoms with van der Waals surface area (Å²) >= 11 is 0. The number of aliphatic hydroxyl groups is 1. The fraction of sp³-hybridized carbons (Fsp3) is 0.174. The monoisotopic (exact) mass is 478 g/mol. The molecule has 0 aliphatic heterocycles. The molecule has 3 rings (SSSR count). The van der Waals surface area contributed by atoms with E-state index in [1.54, 1.807) is 30.3 Å². The van der Waals surface area contributed by atoms with Gasteiger partial charge >= 0.3 is 6.18 Å². The molecule has 3 N–H and O–H groups in total. The zero-order valence-corrected chi connectivity index (χ0v) is 18.0. The number of aliphatic hydroxyl groups excluding tert-OH is 1. The van der Waals surface area contributed by atoms with Gasteiger partial charge in [-0.15, -0.1) is 0 Å². The van der Waals surface area contributed by atoms with Gasteiger partial charge in [-0.2, -0.15) is 13.2 Å². The molecule has 3 aromatic carbocycles. The first-order valence-electron chi connectivity index (χ1n) is 9.84. The number of halogens is 3. The molecule has 1 amide bonds. The van der Waals surface area contributed by atoms with Gasteiger partial charge in [-0.1, -0.05) is 54.6 Å². The van der Waals surface area contributed by atoms with Crippen molar-refractivity contribution in [3.8, 4) is 0 Å². The molecule has 6 nitrogen and oxygen atoms in total. The number of hydrogen-bond acceptors (Lipinski definition) is 4. The Morgan fingerprint density at radius 1 is 0.939 bits per heavy atom. The maximum Gasteiger partial charge on any atom is 0.416 e. The fourth-order valence-corrected chi connectivity index (χ4v) is 4.17. The Balaban J connectivity index is 1.67. The largest absolute Gasteiger partial charge is 0.416 e. The Morgan fingerprint density at radius 2 is 1.61 bits per heavy atom. The van der Waals surface area contributed by atoms with E-state index in [4.69, 9.17) is 0 Å². The van der Waals surface area contributed by atoms with Crippen LogP contribution in [0.2, 0.25) is 0 Å². The van der Waals surface area contributed by atoms with E-state index in [-0.39, 0.29) is 22.6 Å². The summed E-state index contributed by atoms with van der Waals surface area (Å²) in [5.74, 6) is -0.737. The number of rotatable bonds is 8. The molecule has 0 fully saturated rings. The van der Waals surface area contributed by atoms with Gasteiger partial charge in [0.1, 0.15) is 0 Å². The molecule has 3 aromatic rings. The van der Waals surface area contributed by atoms with Crippen molar-refractivity contribution in [3.05, 3.63) is 101 Å². The molecule has 1 unspecified atom stereocenters. The Bertz CT molecular complexity index is 1220. The van der Waals surface area contributed by atoms with Crippen molar-refractivity contribution in [3.63, 3.8) is 0 Å². The standard InChI is InChI=1S/C23H21F3N2O4S/c24-23(25,26)20-12-5-4-11-19(20)21(29)15-27-22(30)17-9-6-10-18(13-17)33(31,32)28-14-16-7-2-1-3-8-16/h1-13,21,28-29H,14-15H2,(H,27,30). The zero-order chi connectivity index (χ0) is 24.1. The van der Waals surface area contributed by atoms with Crippen LogP contribution in [0.15, 0.2) is 83.8 Å². The van der Waals surface area contributed by atoms with E-state index < -0.39 is 40.3 Å². The van der Waals surface area contributed by atoms with Crippen LogP contribution in [0.25, 0.3) is 0 Å². The van der Waals surface area contributed by atoms with Gasteiger partial charge in [0, 0.05) is 18.7 Å². The van der Waals surface area contributed by atoms with Crippen LogP contribution in [0.1, 0.15) is 33.2 Å². The molecule has 1 atom stereocenters. The van der Waals surface area contributed by atoms with Crippen LogP contribution < -0.4 is 10.0 Å². The first-order valence-corrected chi connectivity index (χ1v) is 11.3. The van der Waals surface area contributed by atoms with Gasteiger partial charge in [0.05, 0.1) is 16.6 Å². The topological polar surface area (TPSA) is 95.5 Å². The van der Waals surface area contributed by atoms with E-state index in [0.29, 0.717) is 0 Å². The maximum atomic E-state index is 13.1. The van der Waals surface area contributed by atoms with Crippen LogP contribution in [0, 0.1) is 0 Å². The lowest BCUT2D eigenvalue weighted by Gasteiger charge is -2.18. The summed E-state index contributed by atoms with van der Waals surface area (Å²) < 4.78 is 67.0. The van der Waals surface area contributed by atoms with Crippen LogP contribution >= 0.6 is 0 Å². The van der Waals surface area contributed by atoms with Gasteiger partial charge in [-0.3, -0.25) is 4.79 Å². The van der Waals surface area contributed by atoms with Gasteiger partial charge in [0.15, 0.2) is 0 Å². The predicted octanol–water partition coefficient (Wildman–Crippen LogP) is 3.65. The van der Waals surface area contributed by atoms with Crippen LogP contribution in [0.4, 0.5) is 13.2 Å². The smallest absolute Gasteiger partial charge is 0.387 e. The quantitative estimate of drug-likeness (QED) is 0.461. The lowest BCUT2D eigenvalue weighted by molar-refractivity contribution is -0.139. The van der Waals surface area contributed by atoms with Crippen molar-refractivity contribution >= 4 is 15.9 Å². The highest BCUT2D eigenvalue weighted by Crippen LogP contribution is 2.34. The van der Waals surface area contributed by atoms with E-state index in [1.807, 2.05) is 0 Å². The molecule has 174 valence electrons. The summed E-state index contributed by atoms with van der Waals surface area (Å²) in [6.45, 7) is -0.431. The van der Waals surface area contributed by atoms with Crippen LogP contribution in [-0.2, 0) is 22.7 Å². The summed E-state index contributed by atoms with van der Waals surface area (Å²) in [6.07, 6.45) is -6.26. The normalized spacial score (nSPS) is 12.8. The minimum atomic E-state index is -4.66. The lowest BCUT2D eigenvalue weighted by Crippen LogP contribution is -2.29. The van der Waals surface area contributed by atoms with Crippen molar-refractivity contribution in [1.82, 2.24) is 10.0 Å². The second-order valence-corrected chi connectivity index (χ2v) is 8.92. The lowest BCUT2D eigenvalue weighted by atomic mass is 10.0. The van der Waals surface area contributed by atoms with Crippen molar-refractivity contribution in [2.24, 2.45) is 0 Å². The number of alkyl halides is 3. The highest BCUT2D eigenvalue weighted by molar-refractivity contribution is 7.89. The van der Waals surface area contributed by atoms with Gasteiger partial charge in [0.25, 0.3) is 5.91 Å². The van der Waals surface area contributed by atoms with Gasteiger partial charge < -0.3 is 10.4 Å². The first kappa shape index (κ1) is 24.4. The van der Waals surface area contributed by atoms with Gasteiger partial charge in [0.2, 0.25) is 10.0 Å².